The van der Waals surface area contributed by atoms with Crippen LogP contribution in [0.3, 0.4) is 0 Å². The first-order valence-corrected chi connectivity index (χ1v) is 12.2. The number of amides is 2. The van der Waals surface area contributed by atoms with Gasteiger partial charge in [0.15, 0.2) is 0 Å². The third-order valence-electron chi connectivity index (χ3n) is 7.03. The number of alkyl carbamates (subject to hydrolysis) is 1. The molecule has 4 rings (SSSR count). The summed E-state index contributed by atoms with van der Waals surface area (Å²) in [6.07, 6.45) is 1.33. The number of aliphatic hydroxyl groups is 1. The first-order chi connectivity index (χ1) is 16.9. The molecule has 2 aromatic carbocycles. The van der Waals surface area contributed by atoms with E-state index in [1.54, 1.807) is 0 Å². The Morgan fingerprint density at radius 3 is 2.23 bits per heavy atom. The molecule has 0 heterocycles. The highest BCUT2D eigenvalue weighted by atomic mass is 16.5. The molecule has 3 atom stereocenters. The van der Waals surface area contributed by atoms with E-state index in [1.807, 2.05) is 36.4 Å². The predicted molar refractivity (Wildman–Crippen MR) is 130 cm³/mol. The second kappa shape index (κ2) is 11.4. The molecule has 2 aromatic rings. The van der Waals surface area contributed by atoms with Gasteiger partial charge in [-0.05, 0) is 41.0 Å². The number of carboxylic acids is 1. The molecule has 0 aromatic heterocycles. The van der Waals surface area contributed by atoms with Crippen LogP contribution >= 0.6 is 0 Å². The molecule has 0 saturated heterocycles. The lowest BCUT2D eigenvalue weighted by atomic mass is 9.79. The Hall–Kier alpha value is -3.39. The predicted octanol–water partition coefficient (Wildman–Crippen LogP) is 3.28. The maximum atomic E-state index is 12.2. The summed E-state index contributed by atoms with van der Waals surface area (Å²) in [5.41, 5.74) is 4.51. The molecule has 0 aliphatic heterocycles. The van der Waals surface area contributed by atoms with Crippen LogP contribution in [0.5, 0.6) is 0 Å². The topological polar surface area (TPSA) is 125 Å². The lowest BCUT2D eigenvalue weighted by molar-refractivity contribution is -0.145. The lowest BCUT2D eigenvalue weighted by Crippen LogP contribution is -2.40. The molecule has 0 bridgehead atoms. The van der Waals surface area contributed by atoms with Gasteiger partial charge in [0.2, 0.25) is 5.91 Å². The molecule has 1 saturated carbocycles. The number of aliphatic hydroxyl groups excluding tert-OH is 1. The second-order valence-corrected chi connectivity index (χ2v) is 9.36. The fraction of sp³-hybridized carbons (Fsp3) is 0.444. The number of nitrogens with one attached hydrogen (secondary N) is 2. The number of fused-ring (bicyclic) bond motifs is 3. The van der Waals surface area contributed by atoms with E-state index < -0.39 is 24.1 Å². The van der Waals surface area contributed by atoms with E-state index in [2.05, 4.69) is 22.8 Å². The fourth-order valence-electron chi connectivity index (χ4n) is 5.23. The number of hydrogen-bond donors (Lipinski definition) is 4. The van der Waals surface area contributed by atoms with Crippen molar-refractivity contribution in [2.75, 3.05) is 19.7 Å². The van der Waals surface area contributed by atoms with Crippen molar-refractivity contribution in [2.45, 2.75) is 44.1 Å². The number of hydrogen-bond acceptors (Lipinski definition) is 5. The summed E-state index contributed by atoms with van der Waals surface area (Å²) in [7, 11) is 0. The highest BCUT2D eigenvalue weighted by Crippen LogP contribution is 2.44. The van der Waals surface area contributed by atoms with Crippen molar-refractivity contribution in [3.63, 3.8) is 0 Å². The van der Waals surface area contributed by atoms with E-state index >= 15 is 0 Å². The number of rotatable bonds is 9. The Bertz CT molecular complexity index is 1030. The minimum Gasteiger partial charge on any atom is -0.481 e. The maximum absolute atomic E-state index is 12.2. The van der Waals surface area contributed by atoms with Crippen molar-refractivity contribution in [2.24, 2.45) is 11.8 Å². The SMILES string of the molecule is O=C(CC(O)CNC(=O)OCC1c2ccccc2-c2ccccc21)NC[C@@H]1CCCC[C@@H]1C(=O)O. The van der Waals surface area contributed by atoms with Gasteiger partial charge >= 0.3 is 12.1 Å². The molecule has 0 radical (unpaired) electrons. The van der Waals surface area contributed by atoms with Crippen LogP contribution in [0.4, 0.5) is 4.79 Å². The molecule has 2 amide bonds. The molecule has 35 heavy (non-hydrogen) atoms. The molecular formula is C27H32N2O6. The first-order valence-electron chi connectivity index (χ1n) is 12.2. The summed E-state index contributed by atoms with van der Waals surface area (Å²) in [5, 5.41) is 24.8. The maximum Gasteiger partial charge on any atom is 0.407 e. The average molecular weight is 481 g/mol. The van der Waals surface area contributed by atoms with Crippen molar-refractivity contribution < 1.29 is 29.3 Å². The molecule has 1 fully saturated rings. The van der Waals surface area contributed by atoms with Gasteiger partial charge in [0.1, 0.15) is 6.61 Å². The van der Waals surface area contributed by atoms with Crippen LogP contribution in [0.25, 0.3) is 11.1 Å². The van der Waals surface area contributed by atoms with Crippen LogP contribution in [0.15, 0.2) is 48.5 Å². The average Bonchev–Trinajstić information content (AvgIpc) is 3.19. The molecule has 186 valence electrons. The van der Waals surface area contributed by atoms with Crippen molar-refractivity contribution in [3.05, 3.63) is 59.7 Å². The number of ether oxygens (including phenoxy) is 1. The van der Waals surface area contributed by atoms with Crippen LogP contribution in [0.2, 0.25) is 0 Å². The summed E-state index contributed by atoms with van der Waals surface area (Å²) >= 11 is 0. The lowest BCUT2D eigenvalue weighted by Gasteiger charge is -2.28. The van der Waals surface area contributed by atoms with Crippen LogP contribution in [-0.2, 0) is 14.3 Å². The molecule has 2 aliphatic carbocycles. The number of benzene rings is 2. The molecule has 0 spiro atoms. The van der Waals surface area contributed by atoms with Crippen molar-refractivity contribution in [1.82, 2.24) is 10.6 Å². The highest BCUT2D eigenvalue weighted by molar-refractivity contribution is 5.79. The molecule has 8 heteroatoms. The zero-order chi connectivity index (χ0) is 24.8. The van der Waals surface area contributed by atoms with E-state index in [0.717, 1.165) is 41.5 Å². The summed E-state index contributed by atoms with van der Waals surface area (Å²) in [6.45, 7) is 0.330. The molecule has 1 unspecified atom stereocenters. The van der Waals surface area contributed by atoms with Crippen LogP contribution < -0.4 is 10.6 Å². The quantitative estimate of drug-likeness (QED) is 0.437. The van der Waals surface area contributed by atoms with Gasteiger partial charge in [-0.25, -0.2) is 4.79 Å². The van der Waals surface area contributed by atoms with Gasteiger partial charge in [-0.2, -0.15) is 0 Å². The Labute approximate surface area is 204 Å². The summed E-state index contributed by atoms with van der Waals surface area (Å²) in [6, 6.07) is 16.1. The van der Waals surface area contributed by atoms with E-state index in [4.69, 9.17) is 4.74 Å². The van der Waals surface area contributed by atoms with Gasteiger partial charge in [0.25, 0.3) is 0 Å². The number of carboxylic acid groups (broad SMARTS) is 1. The molecule has 4 N–H and O–H groups in total. The largest absolute Gasteiger partial charge is 0.481 e. The minimum atomic E-state index is -1.07. The van der Waals surface area contributed by atoms with Crippen LogP contribution in [-0.4, -0.2) is 54.0 Å². The molecular weight excluding hydrogens is 448 g/mol. The van der Waals surface area contributed by atoms with Crippen LogP contribution in [0.1, 0.15) is 49.1 Å². The first kappa shape index (κ1) is 24.7. The second-order valence-electron chi connectivity index (χ2n) is 9.36. The zero-order valence-electron chi connectivity index (χ0n) is 19.6. The third kappa shape index (κ3) is 6.00. The van der Waals surface area contributed by atoms with Gasteiger partial charge in [-0.15, -0.1) is 0 Å². The Morgan fingerprint density at radius 2 is 1.57 bits per heavy atom. The highest BCUT2D eigenvalue weighted by Gasteiger charge is 2.31. The van der Waals surface area contributed by atoms with E-state index in [9.17, 15) is 24.6 Å². The van der Waals surface area contributed by atoms with Crippen LogP contribution in [0, 0.1) is 11.8 Å². The van der Waals surface area contributed by atoms with Crippen molar-refractivity contribution >= 4 is 18.0 Å². The van der Waals surface area contributed by atoms with Crippen molar-refractivity contribution in [3.8, 4) is 11.1 Å². The van der Waals surface area contributed by atoms with Gasteiger partial charge in [-0.3, -0.25) is 9.59 Å². The van der Waals surface area contributed by atoms with Gasteiger partial charge < -0.3 is 25.6 Å². The number of carbonyl (C=O) groups is 3. The monoisotopic (exact) mass is 480 g/mol. The number of carbonyl (C=O) groups excluding carboxylic acids is 2. The van der Waals surface area contributed by atoms with E-state index in [0.29, 0.717) is 6.42 Å². The number of aliphatic carboxylic acids is 1. The summed E-state index contributed by atoms with van der Waals surface area (Å²) in [4.78, 5) is 35.8. The Balaban J connectivity index is 1.19. The third-order valence-corrected chi connectivity index (χ3v) is 7.03. The summed E-state index contributed by atoms with van der Waals surface area (Å²) < 4.78 is 5.44. The normalized spacial score (nSPS) is 19.8. The Morgan fingerprint density at radius 1 is 0.943 bits per heavy atom. The van der Waals surface area contributed by atoms with E-state index in [1.165, 1.54) is 0 Å². The van der Waals surface area contributed by atoms with E-state index in [-0.39, 0.29) is 43.9 Å². The zero-order valence-corrected chi connectivity index (χ0v) is 19.6. The smallest absolute Gasteiger partial charge is 0.407 e. The van der Waals surface area contributed by atoms with Crippen molar-refractivity contribution in [1.29, 1.82) is 0 Å². The van der Waals surface area contributed by atoms with Gasteiger partial charge in [0, 0.05) is 19.0 Å². The fourth-order valence-corrected chi connectivity index (χ4v) is 5.23. The minimum absolute atomic E-state index is 0.0572. The molecule has 8 nitrogen and oxygen atoms in total. The standard InChI is InChI=1S/C27H32N2O6/c30-18(13-25(31)28-14-17-7-1-2-8-19(17)26(32)33)15-29-27(34)35-16-24-22-11-5-3-9-20(22)21-10-4-6-12-23(21)24/h3-6,9-12,17-19,24,30H,1-2,7-8,13-16H2,(H,28,31)(H,29,34)(H,32,33)/t17-,18?,19-/m0/s1. The Kier molecular flexibility index (Phi) is 8.02. The van der Waals surface area contributed by atoms with Gasteiger partial charge in [0.05, 0.1) is 18.4 Å². The summed E-state index contributed by atoms with van der Waals surface area (Å²) in [5.74, 6) is -1.79. The molecule has 2 aliphatic rings. The van der Waals surface area contributed by atoms with Gasteiger partial charge in [-0.1, -0.05) is 61.4 Å².